The second-order valence-electron chi connectivity index (χ2n) is 5.94. The molecule has 0 aliphatic rings. The van der Waals surface area contributed by atoms with E-state index >= 15 is 0 Å². The largest absolute Gasteiger partial charge is 0.466 e. The molecule has 2 nitrogen and oxygen atoms in total. The van der Waals surface area contributed by atoms with E-state index in [1.54, 1.807) is 0 Å². The number of allylic oxidation sites excluding steroid dienone is 1. The highest BCUT2D eigenvalue weighted by molar-refractivity contribution is 5.69. The lowest BCUT2D eigenvalue weighted by molar-refractivity contribution is -0.143. The van der Waals surface area contributed by atoms with Gasteiger partial charge in [0.25, 0.3) is 0 Å². The first-order chi connectivity index (χ1) is 10.3. The lowest BCUT2D eigenvalue weighted by Crippen LogP contribution is -2.05. The van der Waals surface area contributed by atoms with E-state index in [2.05, 4.69) is 13.5 Å². The maximum atomic E-state index is 11.5. The zero-order valence-electron chi connectivity index (χ0n) is 14.2. The third-order valence-corrected chi connectivity index (χ3v) is 3.80. The standard InChI is InChI=1S/C19H36O2/c1-3-5-7-9-10-11-12-14-16-18-21-19(20)17-15-13-8-6-4-2/h3H,1,4-18H2,2H3. The Kier molecular flexibility index (Phi) is 16.6. The molecule has 21 heavy (non-hydrogen) atoms. The van der Waals surface area contributed by atoms with Gasteiger partial charge in [0.2, 0.25) is 0 Å². The predicted molar refractivity (Wildman–Crippen MR) is 91.5 cm³/mol. The topological polar surface area (TPSA) is 26.3 Å². The molecule has 0 saturated heterocycles. The molecule has 0 bridgehead atoms. The first-order valence-corrected chi connectivity index (χ1v) is 9.07. The molecule has 0 unspecified atom stereocenters. The summed E-state index contributed by atoms with van der Waals surface area (Å²) in [6, 6.07) is 0. The van der Waals surface area contributed by atoms with E-state index in [9.17, 15) is 4.79 Å². The molecule has 0 amide bonds. The minimum Gasteiger partial charge on any atom is -0.466 e. The molecular weight excluding hydrogens is 260 g/mol. The monoisotopic (exact) mass is 296 g/mol. The quantitative estimate of drug-likeness (QED) is 0.193. The normalized spacial score (nSPS) is 10.5. The van der Waals surface area contributed by atoms with Crippen LogP contribution in [0.3, 0.4) is 0 Å². The van der Waals surface area contributed by atoms with Crippen molar-refractivity contribution in [1.82, 2.24) is 0 Å². The average molecular weight is 296 g/mol. The first kappa shape index (κ1) is 20.2. The van der Waals surface area contributed by atoms with Crippen molar-refractivity contribution in [2.24, 2.45) is 0 Å². The summed E-state index contributed by atoms with van der Waals surface area (Å²) in [5.41, 5.74) is 0. The van der Waals surface area contributed by atoms with Crippen LogP contribution in [0.2, 0.25) is 0 Å². The lowest BCUT2D eigenvalue weighted by Gasteiger charge is -2.05. The summed E-state index contributed by atoms with van der Waals surface area (Å²) < 4.78 is 5.26. The molecule has 0 fully saturated rings. The minimum absolute atomic E-state index is 0.00377. The molecule has 0 aliphatic heterocycles. The summed E-state index contributed by atoms with van der Waals surface area (Å²) in [5.74, 6) is -0.00377. The summed E-state index contributed by atoms with van der Waals surface area (Å²) in [7, 11) is 0. The van der Waals surface area contributed by atoms with Gasteiger partial charge in [-0.15, -0.1) is 6.58 Å². The van der Waals surface area contributed by atoms with Crippen molar-refractivity contribution in [2.45, 2.75) is 96.8 Å². The van der Waals surface area contributed by atoms with E-state index < -0.39 is 0 Å². The Morgan fingerprint density at radius 3 is 2.10 bits per heavy atom. The molecule has 124 valence electrons. The van der Waals surface area contributed by atoms with Crippen LogP contribution >= 0.6 is 0 Å². The van der Waals surface area contributed by atoms with Crippen LogP contribution in [-0.4, -0.2) is 12.6 Å². The number of hydrogen-bond acceptors (Lipinski definition) is 2. The van der Waals surface area contributed by atoms with Gasteiger partial charge in [-0.2, -0.15) is 0 Å². The van der Waals surface area contributed by atoms with E-state index in [-0.39, 0.29) is 5.97 Å². The highest BCUT2D eigenvalue weighted by Crippen LogP contribution is 2.09. The maximum absolute atomic E-state index is 11.5. The minimum atomic E-state index is -0.00377. The number of carbonyl (C=O) groups is 1. The van der Waals surface area contributed by atoms with Gasteiger partial charge in [-0.05, 0) is 25.7 Å². The summed E-state index contributed by atoms with van der Waals surface area (Å²) in [4.78, 5) is 11.5. The zero-order valence-corrected chi connectivity index (χ0v) is 14.2. The molecular formula is C19H36O2. The molecule has 0 aromatic carbocycles. The van der Waals surface area contributed by atoms with Crippen LogP contribution in [-0.2, 0) is 9.53 Å². The zero-order chi connectivity index (χ0) is 15.6. The summed E-state index contributed by atoms with van der Waals surface area (Å²) in [5, 5.41) is 0. The molecule has 0 radical (unpaired) electrons. The summed E-state index contributed by atoms with van der Waals surface area (Å²) >= 11 is 0. The fourth-order valence-electron chi connectivity index (χ4n) is 2.41. The fourth-order valence-corrected chi connectivity index (χ4v) is 2.41. The maximum Gasteiger partial charge on any atom is 0.305 e. The van der Waals surface area contributed by atoms with Crippen LogP contribution < -0.4 is 0 Å². The Balaban J connectivity index is 3.12. The Bertz CT molecular complexity index is 236. The van der Waals surface area contributed by atoms with Gasteiger partial charge in [0.05, 0.1) is 6.61 Å². The van der Waals surface area contributed by atoms with E-state index in [1.807, 2.05) is 6.08 Å². The van der Waals surface area contributed by atoms with Crippen LogP contribution in [0.25, 0.3) is 0 Å². The number of ether oxygens (including phenoxy) is 1. The number of hydrogen-bond donors (Lipinski definition) is 0. The Morgan fingerprint density at radius 2 is 1.43 bits per heavy atom. The van der Waals surface area contributed by atoms with Crippen LogP contribution in [0.5, 0.6) is 0 Å². The van der Waals surface area contributed by atoms with Crippen molar-refractivity contribution in [3.05, 3.63) is 12.7 Å². The van der Waals surface area contributed by atoms with E-state index in [0.717, 1.165) is 25.7 Å². The van der Waals surface area contributed by atoms with Gasteiger partial charge in [0.15, 0.2) is 0 Å². The molecule has 0 N–H and O–H groups in total. The second-order valence-corrected chi connectivity index (χ2v) is 5.94. The Hall–Kier alpha value is -0.790. The van der Waals surface area contributed by atoms with E-state index in [4.69, 9.17) is 4.74 Å². The SMILES string of the molecule is C=CCCCCCCCCCOC(=O)CCCCCCC. The van der Waals surface area contributed by atoms with Crippen molar-refractivity contribution >= 4 is 5.97 Å². The van der Waals surface area contributed by atoms with Crippen molar-refractivity contribution in [3.63, 3.8) is 0 Å². The summed E-state index contributed by atoms with van der Waals surface area (Å²) in [6.45, 7) is 6.55. The molecule has 2 heteroatoms. The Morgan fingerprint density at radius 1 is 0.857 bits per heavy atom. The van der Waals surface area contributed by atoms with Gasteiger partial charge in [0.1, 0.15) is 0 Å². The third kappa shape index (κ3) is 17.2. The van der Waals surface area contributed by atoms with Crippen molar-refractivity contribution in [2.75, 3.05) is 6.61 Å². The number of unbranched alkanes of at least 4 members (excludes halogenated alkanes) is 11. The fraction of sp³-hybridized carbons (Fsp3) is 0.842. The van der Waals surface area contributed by atoms with Gasteiger partial charge in [-0.3, -0.25) is 4.79 Å². The van der Waals surface area contributed by atoms with Gasteiger partial charge in [-0.25, -0.2) is 0 Å². The Labute approximate surface area is 132 Å². The summed E-state index contributed by atoms with van der Waals surface area (Å²) in [6.07, 6.45) is 18.4. The molecule has 0 heterocycles. The highest BCUT2D eigenvalue weighted by Gasteiger charge is 2.02. The molecule has 0 saturated carbocycles. The van der Waals surface area contributed by atoms with E-state index in [1.165, 1.54) is 57.8 Å². The lowest BCUT2D eigenvalue weighted by atomic mass is 10.1. The van der Waals surface area contributed by atoms with Crippen LogP contribution in [0.15, 0.2) is 12.7 Å². The predicted octanol–water partition coefficient (Wildman–Crippen LogP) is 6.20. The van der Waals surface area contributed by atoms with Crippen molar-refractivity contribution in [1.29, 1.82) is 0 Å². The third-order valence-electron chi connectivity index (χ3n) is 3.80. The van der Waals surface area contributed by atoms with Crippen LogP contribution in [0.1, 0.15) is 96.8 Å². The number of carbonyl (C=O) groups excluding carboxylic acids is 1. The van der Waals surface area contributed by atoms with Crippen LogP contribution in [0, 0.1) is 0 Å². The highest BCUT2D eigenvalue weighted by atomic mass is 16.5. The molecule has 0 aromatic heterocycles. The molecule has 0 atom stereocenters. The van der Waals surface area contributed by atoms with Crippen molar-refractivity contribution < 1.29 is 9.53 Å². The number of esters is 1. The first-order valence-electron chi connectivity index (χ1n) is 9.07. The van der Waals surface area contributed by atoms with Gasteiger partial charge in [0, 0.05) is 6.42 Å². The molecule has 0 aromatic rings. The van der Waals surface area contributed by atoms with E-state index in [0.29, 0.717) is 13.0 Å². The molecule has 0 rings (SSSR count). The van der Waals surface area contributed by atoms with Gasteiger partial charge < -0.3 is 4.74 Å². The molecule has 0 aliphatic carbocycles. The molecule has 0 spiro atoms. The second kappa shape index (κ2) is 17.3. The van der Waals surface area contributed by atoms with Crippen molar-refractivity contribution in [3.8, 4) is 0 Å². The van der Waals surface area contributed by atoms with Gasteiger partial charge in [-0.1, -0.05) is 70.8 Å². The number of rotatable bonds is 16. The average Bonchev–Trinajstić information content (AvgIpc) is 2.49. The van der Waals surface area contributed by atoms with Gasteiger partial charge >= 0.3 is 5.97 Å². The smallest absolute Gasteiger partial charge is 0.305 e. The van der Waals surface area contributed by atoms with Crippen LogP contribution in [0.4, 0.5) is 0 Å².